The highest BCUT2D eigenvalue weighted by atomic mass is 16.5. The number of ether oxygens (including phenoxy) is 2. The minimum absolute atomic E-state index is 0.128. The van der Waals surface area contributed by atoms with Crippen molar-refractivity contribution in [1.29, 1.82) is 0 Å². The van der Waals surface area contributed by atoms with E-state index in [-0.39, 0.29) is 24.1 Å². The molecule has 1 fully saturated rings. The van der Waals surface area contributed by atoms with E-state index in [1.165, 1.54) is 6.42 Å². The normalized spacial score (nSPS) is 23.2. The molecule has 0 saturated heterocycles. The molecule has 0 amide bonds. The summed E-state index contributed by atoms with van der Waals surface area (Å²) in [7, 11) is 0. The molecule has 5 rings (SSSR count). The van der Waals surface area contributed by atoms with Crippen LogP contribution in [0.1, 0.15) is 72.3 Å². The second-order valence-corrected chi connectivity index (χ2v) is 7.82. The van der Waals surface area contributed by atoms with Crippen LogP contribution in [0.25, 0.3) is 0 Å². The van der Waals surface area contributed by atoms with Crippen LogP contribution in [0.15, 0.2) is 36.7 Å². The summed E-state index contributed by atoms with van der Waals surface area (Å²) < 4.78 is 12.1. The first-order valence-corrected chi connectivity index (χ1v) is 9.65. The summed E-state index contributed by atoms with van der Waals surface area (Å²) in [5.74, 6) is 0.761. The van der Waals surface area contributed by atoms with Gasteiger partial charge < -0.3 is 9.47 Å². The van der Waals surface area contributed by atoms with Gasteiger partial charge in [-0.1, -0.05) is 12.5 Å². The van der Waals surface area contributed by atoms with Crippen molar-refractivity contribution in [2.75, 3.05) is 0 Å². The van der Waals surface area contributed by atoms with Gasteiger partial charge in [0.2, 0.25) is 0 Å². The van der Waals surface area contributed by atoms with Crippen molar-refractivity contribution in [3.8, 4) is 11.5 Å². The van der Waals surface area contributed by atoms with Gasteiger partial charge in [-0.05, 0) is 49.4 Å². The van der Waals surface area contributed by atoms with E-state index in [0.717, 1.165) is 36.8 Å². The second kappa shape index (κ2) is 6.19. The molecular weight excluding hydrogens is 342 g/mol. The molecule has 1 aromatic heterocycles. The smallest absolute Gasteiger partial charge is 0.312 e. The molecule has 1 spiro atoms. The fraction of sp³-hybridized carbons (Fsp3) is 0.409. The number of aromatic nitrogens is 1. The van der Waals surface area contributed by atoms with E-state index in [9.17, 15) is 9.59 Å². The summed E-state index contributed by atoms with van der Waals surface area (Å²) in [5, 5.41) is 0. The van der Waals surface area contributed by atoms with Crippen LogP contribution in [0, 0.1) is 0 Å². The maximum absolute atomic E-state index is 13.0. The number of hydrogen-bond donors (Lipinski definition) is 0. The number of carbonyl (C=O) groups is 2. The molecule has 1 atom stereocenters. The molecule has 27 heavy (non-hydrogen) atoms. The Morgan fingerprint density at radius 2 is 1.93 bits per heavy atom. The monoisotopic (exact) mass is 363 g/mol. The lowest BCUT2D eigenvalue weighted by Gasteiger charge is -2.42. The van der Waals surface area contributed by atoms with Gasteiger partial charge in [0.15, 0.2) is 5.78 Å². The predicted molar refractivity (Wildman–Crippen MR) is 98.2 cm³/mol. The number of rotatable bonds is 1. The molecule has 0 N–H and O–H groups in total. The first-order chi connectivity index (χ1) is 13.2. The van der Waals surface area contributed by atoms with Crippen LogP contribution in [-0.2, 0) is 4.79 Å². The highest BCUT2D eigenvalue weighted by molar-refractivity contribution is 6.01. The minimum atomic E-state index is -0.404. The molecule has 2 aliphatic heterocycles. The molecule has 138 valence electrons. The summed E-state index contributed by atoms with van der Waals surface area (Å²) in [6, 6.07) is 7.29. The van der Waals surface area contributed by atoms with Crippen molar-refractivity contribution in [1.82, 2.24) is 4.98 Å². The lowest BCUT2D eigenvalue weighted by Crippen LogP contribution is -2.44. The van der Waals surface area contributed by atoms with Crippen LogP contribution in [-0.4, -0.2) is 22.3 Å². The molecule has 1 aliphatic carbocycles. The SMILES string of the molecule is O=C1CC(c2cccnc2)c2c(ccc3c2OC2(CCCCC2)CC3=O)O1. The standard InChI is InChI=1S/C22H21NO4/c24-17-12-22(8-2-1-3-9-22)27-21-15(17)6-7-18-20(21)16(11-19(25)26-18)14-5-4-10-23-13-14/h4-7,10,13,16H,1-3,8-9,11-12H2. The Hall–Kier alpha value is -2.69. The number of benzene rings is 1. The summed E-state index contributed by atoms with van der Waals surface area (Å²) in [6.45, 7) is 0. The van der Waals surface area contributed by atoms with Crippen molar-refractivity contribution in [2.24, 2.45) is 0 Å². The second-order valence-electron chi connectivity index (χ2n) is 7.82. The Labute approximate surface area is 157 Å². The van der Waals surface area contributed by atoms with Crippen molar-refractivity contribution >= 4 is 11.8 Å². The number of fused-ring (bicyclic) bond motifs is 3. The summed E-state index contributed by atoms with van der Waals surface area (Å²) in [5.41, 5.74) is 1.95. The van der Waals surface area contributed by atoms with Gasteiger partial charge >= 0.3 is 5.97 Å². The summed E-state index contributed by atoms with van der Waals surface area (Å²) >= 11 is 0. The maximum Gasteiger partial charge on any atom is 0.312 e. The first-order valence-electron chi connectivity index (χ1n) is 9.65. The zero-order chi connectivity index (χ0) is 18.4. The molecule has 1 saturated carbocycles. The van der Waals surface area contributed by atoms with Gasteiger partial charge in [-0.2, -0.15) is 0 Å². The fourth-order valence-corrected chi connectivity index (χ4v) is 4.74. The van der Waals surface area contributed by atoms with E-state index in [1.807, 2.05) is 12.1 Å². The topological polar surface area (TPSA) is 65.5 Å². The Morgan fingerprint density at radius 3 is 2.70 bits per heavy atom. The van der Waals surface area contributed by atoms with Gasteiger partial charge in [-0.15, -0.1) is 0 Å². The van der Waals surface area contributed by atoms with Crippen LogP contribution >= 0.6 is 0 Å². The van der Waals surface area contributed by atoms with Crippen molar-refractivity contribution in [3.63, 3.8) is 0 Å². The average Bonchev–Trinajstić information content (AvgIpc) is 2.68. The van der Waals surface area contributed by atoms with Gasteiger partial charge in [0.25, 0.3) is 0 Å². The van der Waals surface area contributed by atoms with Gasteiger partial charge in [0.05, 0.1) is 18.4 Å². The Balaban J connectivity index is 1.67. The number of pyridine rings is 1. The lowest BCUT2D eigenvalue weighted by atomic mass is 9.76. The number of ketones is 1. The molecule has 1 aromatic carbocycles. The van der Waals surface area contributed by atoms with E-state index in [0.29, 0.717) is 23.5 Å². The van der Waals surface area contributed by atoms with E-state index < -0.39 is 5.60 Å². The zero-order valence-corrected chi connectivity index (χ0v) is 15.1. The van der Waals surface area contributed by atoms with Gasteiger partial charge in [-0.25, -0.2) is 0 Å². The quantitative estimate of drug-likeness (QED) is 0.561. The first kappa shape index (κ1) is 16.5. The third-order valence-corrected chi connectivity index (χ3v) is 6.05. The molecule has 0 bridgehead atoms. The predicted octanol–water partition coefficient (Wildman–Crippen LogP) is 4.19. The fourth-order valence-electron chi connectivity index (χ4n) is 4.74. The van der Waals surface area contributed by atoms with E-state index in [2.05, 4.69) is 4.98 Å². The van der Waals surface area contributed by atoms with E-state index in [4.69, 9.17) is 9.47 Å². The molecule has 5 nitrogen and oxygen atoms in total. The number of nitrogens with zero attached hydrogens (tertiary/aromatic N) is 1. The summed E-state index contributed by atoms with van der Waals surface area (Å²) in [6.07, 6.45) is 9.30. The number of esters is 1. The molecule has 0 radical (unpaired) electrons. The van der Waals surface area contributed by atoms with Crippen molar-refractivity contribution in [2.45, 2.75) is 56.5 Å². The lowest BCUT2D eigenvalue weighted by molar-refractivity contribution is -0.135. The van der Waals surface area contributed by atoms with Gasteiger partial charge in [-0.3, -0.25) is 14.6 Å². The van der Waals surface area contributed by atoms with Gasteiger partial charge in [0, 0.05) is 23.9 Å². The Kier molecular flexibility index (Phi) is 3.78. The highest BCUT2D eigenvalue weighted by Gasteiger charge is 2.44. The van der Waals surface area contributed by atoms with Crippen molar-refractivity contribution < 1.29 is 19.1 Å². The number of carbonyl (C=O) groups excluding carboxylic acids is 2. The van der Waals surface area contributed by atoms with Crippen LogP contribution in [0.4, 0.5) is 0 Å². The number of hydrogen-bond acceptors (Lipinski definition) is 5. The third kappa shape index (κ3) is 2.73. The minimum Gasteiger partial charge on any atom is -0.486 e. The molecule has 1 unspecified atom stereocenters. The Morgan fingerprint density at radius 1 is 1.07 bits per heavy atom. The van der Waals surface area contributed by atoms with Crippen LogP contribution < -0.4 is 9.47 Å². The largest absolute Gasteiger partial charge is 0.486 e. The number of Topliss-reactive ketones (excluding diaryl/α,β-unsaturated/α-hetero) is 1. The van der Waals surface area contributed by atoms with Gasteiger partial charge in [0.1, 0.15) is 17.1 Å². The molecule has 5 heteroatoms. The van der Waals surface area contributed by atoms with Crippen molar-refractivity contribution in [3.05, 3.63) is 53.3 Å². The van der Waals surface area contributed by atoms with Crippen LogP contribution in [0.2, 0.25) is 0 Å². The molecular formula is C22H21NO4. The maximum atomic E-state index is 13.0. The van der Waals surface area contributed by atoms with Crippen LogP contribution in [0.5, 0.6) is 11.5 Å². The van der Waals surface area contributed by atoms with E-state index >= 15 is 0 Å². The molecule has 3 heterocycles. The molecule has 3 aliphatic rings. The highest BCUT2D eigenvalue weighted by Crippen LogP contribution is 2.50. The zero-order valence-electron chi connectivity index (χ0n) is 15.1. The molecule has 2 aromatic rings. The average molecular weight is 363 g/mol. The van der Waals surface area contributed by atoms with Crippen LogP contribution in [0.3, 0.4) is 0 Å². The third-order valence-electron chi connectivity index (χ3n) is 6.05. The van der Waals surface area contributed by atoms with E-state index in [1.54, 1.807) is 24.5 Å². The Bertz CT molecular complexity index is 915. The summed E-state index contributed by atoms with van der Waals surface area (Å²) in [4.78, 5) is 29.3.